The molecule has 0 fully saturated rings. The number of hydrogen-bond acceptors (Lipinski definition) is 2. The van der Waals surface area contributed by atoms with Crippen molar-refractivity contribution in [1.82, 2.24) is 5.32 Å². The second-order valence-corrected chi connectivity index (χ2v) is 6.54. The van der Waals surface area contributed by atoms with Crippen LogP contribution in [-0.2, 0) is 9.59 Å². The van der Waals surface area contributed by atoms with Gasteiger partial charge in [0.1, 0.15) is 0 Å². The molecule has 1 heterocycles. The number of carbonyl (C=O) groups is 2. The molecule has 1 N–H and O–H groups in total. The van der Waals surface area contributed by atoms with Gasteiger partial charge in [-0.15, -0.1) is 0 Å². The SMILES string of the molecule is Cc1cc2c(cc1C)=NC(=O)C(CCNC(=O)/C=C/c1ccccc1)C=2. The molecule has 0 aliphatic carbocycles. The number of aryl methyl sites for hydroxylation is 2. The van der Waals surface area contributed by atoms with Crippen LogP contribution in [-0.4, -0.2) is 18.4 Å². The van der Waals surface area contributed by atoms with E-state index in [1.54, 1.807) is 6.08 Å². The van der Waals surface area contributed by atoms with Crippen molar-refractivity contribution in [1.29, 1.82) is 0 Å². The Kier molecular flexibility index (Phi) is 5.42. The number of rotatable bonds is 5. The zero-order valence-electron chi connectivity index (χ0n) is 15.0. The van der Waals surface area contributed by atoms with Gasteiger partial charge >= 0.3 is 0 Å². The summed E-state index contributed by atoms with van der Waals surface area (Å²) in [6, 6.07) is 13.7. The van der Waals surface area contributed by atoms with Crippen molar-refractivity contribution in [2.45, 2.75) is 20.3 Å². The Morgan fingerprint density at radius 2 is 1.88 bits per heavy atom. The number of carbonyl (C=O) groups excluding carboxylic acids is 2. The van der Waals surface area contributed by atoms with Crippen molar-refractivity contribution in [2.24, 2.45) is 10.9 Å². The van der Waals surface area contributed by atoms with Crippen LogP contribution < -0.4 is 15.9 Å². The van der Waals surface area contributed by atoms with E-state index in [4.69, 9.17) is 0 Å². The Balaban J connectivity index is 1.59. The highest BCUT2D eigenvalue weighted by molar-refractivity contribution is 5.91. The minimum atomic E-state index is -0.289. The number of hydrogen-bond donors (Lipinski definition) is 1. The predicted molar refractivity (Wildman–Crippen MR) is 103 cm³/mol. The number of benzene rings is 2. The van der Waals surface area contributed by atoms with Gasteiger partial charge in [0.25, 0.3) is 5.91 Å². The van der Waals surface area contributed by atoms with Crippen molar-refractivity contribution in [3.05, 3.63) is 75.8 Å². The van der Waals surface area contributed by atoms with Crippen molar-refractivity contribution >= 4 is 24.0 Å². The summed E-state index contributed by atoms with van der Waals surface area (Å²) in [5.41, 5.74) is 3.28. The van der Waals surface area contributed by atoms with E-state index in [-0.39, 0.29) is 17.7 Å². The first kappa shape index (κ1) is 17.8. The molecule has 3 rings (SSSR count). The maximum absolute atomic E-state index is 12.2. The highest BCUT2D eigenvalue weighted by Crippen LogP contribution is 2.10. The number of fused-ring (bicyclic) bond motifs is 1. The fourth-order valence-electron chi connectivity index (χ4n) is 2.90. The van der Waals surface area contributed by atoms with Crippen LogP contribution in [0.5, 0.6) is 0 Å². The molecule has 1 unspecified atom stereocenters. The molecular formula is C22H22N2O2. The van der Waals surface area contributed by atoms with E-state index in [2.05, 4.69) is 16.4 Å². The molecular weight excluding hydrogens is 324 g/mol. The van der Waals surface area contributed by atoms with Crippen LogP contribution in [0.3, 0.4) is 0 Å². The summed E-state index contributed by atoms with van der Waals surface area (Å²) in [6.07, 6.45) is 5.78. The highest BCUT2D eigenvalue weighted by atomic mass is 16.2. The first-order chi connectivity index (χ1) is 12.5. The smallest absolute Gasteiger partial charge is 0.253 e. The topological polar surface area (TPSA) is 58.5 Å². The van der Waals surface area contributed by atoms with Gasteiger partial charge < -0.3 is 5.32 Å². The lowest BCUT2D eigenvalue weighted by molar-refractivity contribution is -0.121. The number of nitrogens with one attached hydrogen (secondary N) is 1. The molecule has 4 heteroatoms. The quantitative estimate of drug-likeness (QED) is 0.843. The summed E-state index contributed by atoms with van der Waals surface area (Å²) in [4.78, 5) is 28.3. The maximum atomic E-state index is 12.2. The molecule has 4 nitrogen and oxygen atoms in total. The first-order valence-corrected chi connectivity index (χ1v) is 8.75. The summed E-state index contributed by atoms with van der Waals surface area (Å²) in [6.45, 7) is 4.49. The van der Waals surface area contributed by atoms with Crippen molar-refractivity contribution in [3.63, 3.8) is 0 Å². The van der Waals surface area contributed by atoms with Gasteiger partial charge in [-0.2, -0.15) is 0 Å². The molecule has 2 aromatic carbocycles. The van der Waals surface area contributed by atoms with Gasteiger partial charge in [0.2, 0.25) is 5.91 Å². The predicted octanol–water partition coefficient (Wildman–Crippen LogP) is 2.08. The van der Waals surface area contributed by atoms with Gasteiger partial charge in [-0.25, -0.2) is 4.99 Å². The molecule has 26 heavy (non-hydrogen) atoms. The highest BCUT2D eigenvalue weighted by Gasteiger charge is 2.18. The second-order valence-electron chi connectivity index (χ2n) is 6.54. The van der Waals surface area contributed by atoms with E-state index in [0.29, 0.717) is 13.0 Å². The average molecular weight is 346 g/mol. The molecule has 0 saturated heterocycles. The van der Waals surface area contributed by atoms with Crippen LogP contribution in [0.2, 0.25) is 0 Å². The van der Waals surface area contributed by atoms with Gasteiger partial charge in [-0.1, -0.05) is 36.4 Å². The molecule has 1 aliphatic rings. The van der Waals surface area contributed by atoms with Gasteiger partial charge in [-0.3, -0.25) is 9.59 Å². The fraction of sp³-hybridized carbons (Fsp3) is 0.227. The molecule has 132 valence electrons. The Hall–Kier alpha value is -3.01. The second kappa shape index (κ2) is 7.91. The van der Waals surface area contributed by atoms with Crippen molar-refractivity contribution < 1.29 is 9.59 Å². The molecule has 0 aromatic heterocycles. The average Bonchev–Trinajstić information content (AvgIpc) is 2.63. The summed E-state index contributed by atoms with van der Waals surface area (Å²) < 4.78 is 0. The maximum Gasteiger partial charge on any atom is 0.253 e. The Morgan fingerprint density at radius 1 is 1.15 bits per heavy atom. The van der Waals surface area contributed by atoms with Crippen LogP contribution in [0, 0.1) is 19.8 Å². The van der Waals surface area contributed by atoms with E-state index < -0.39 is 0 Å². The minimum absolute atomic E-state index is 0.144. The molecule has 2 aromatic rings. The molecule has 1 atom stereocenters. The summed E-state index contributed by atoms with van der Waals surface area (Å²) >= 11 is 0. The third-order valence-electron chi connectivity index (χ3n) is 4.55. The van der Waals surface area contributed by atoms with Gasteiger partial charge in [-0.05, 0) is 60.4 Å². The normalized spacial score (nSPS) is 15.9. The molecule has 0 radical (unpaired) electrons. The zero-order chi connectivity index (χ0) is 18.5. The van der Waals surface area contributed by atoms with E-state index in [1.807, 2.05) is 56.3 Å². The molecule has 0 saturated carbocycles. The van der Waals surface area contributed by atoms with Crippen LogP contribution in [0.25, 0.3) is 12.2 Å². The minimum Gasteiger partial charge on any atom is -0.353 e. The number of nitrogens with zero attached hydrogens (tertiary/aromatic N) is 1. The molecule has 0 spiro atoms. The van der Waals surface area contributed by atoms with E-state index in [0.717, 1.165) is 21.7 Å². The van der Waals surface area contributed by atoms with E-state index in [1.165, 1.54) is 11.6 Å². The standard InChI is InChI=1S/C22H22N2O2/c1-15-12-19-14-18(22(26)24-20(19)13-16(15)2)10-11-23-21(25)9-8-17-6-4-3-5-7-17/h3-9,12-14,18H,10-11H2,1-2H3,(H,23,25)/b9-8+. The summed E-state index contributed by atoms with van der Waals surface area (Å²) in [5, 5.41) is 4.56. The van der Waals surface area contributed by atoms with E-state index >= 15 is 0 Å². The van der Waals surface area contributed by atoms with Crippen LogP contribution in [0.4, 0.5) is 0 Å². The summed E-state index contributed by atoms with van der Waals surface area (Å²) in [7, 11) is 0. The fourth-order valence-corrected chi connectivity index (χ4v) is 2.90. The van der Waals surface area contributed by atoms with Crippen LogP contribution in [0.15, 0.2) is 53.5 Å². The van der Waals surface area contributed by atoms with Crippen molar-refractivity contribution in [3.8, 4) is 0 Å². The largest absolute Gasteiger partial charge is 0.353 e. The molecule has 0 bridgehead atoms. The van der Waals surface area contributed by atoms with E-state index in [9.17, 15) is 9.59 Å². The lowest BCUT2D eigenvalue weighted by Crippen LogP contribution is -2.35. The van der Waals surface area contributed by atoms with Gasteiger partial charge in [0.15, 0.2) is 0 Å². The van der Waals surface area contributed by atoms with Gasteiger partial charge in [0, 0.05) is 12.6 Å². The lowest BCUT2D eigenvalue weighted by atomic mass is 9.98. The third-order valence-corrected chi connectivity index (χ3v) is 4.55. The first-order valence-electron chi connectivity index (χ1n) is 8.75. The Labute approximate surface area is 153 Å². The number of amides is 2. The Morgan fingerprint density at radius 3 is 2.65 bits per heavy atom. The van der Waals surface area contributed by atoms with Crippen LogP contribution in [0.1, 0.15) is 23.1 Å². The third kappa shape index (κ3) is 4.33. The lowest BCUT2D eigenvalue weighted by Gasteiger charge is -2.13. The van der Waals surface area contributed by atoms with Gasteiger partial charge in [0.05, 0.1) is 11.3 Å². The Bertz CT molecular complexity index is 975. The summed E-state index contributed by atoms with van der Waals surface area (Å²) in [5.74, 6) is -0.598. The van der Waals surface area contributed by atoms with Crippen molar-refractivity contribution in [2.75, 3.05) is 6.54 Å². The molecule has 2 amide bonds. The monoisotopic (exact) mass is 346 g/mol. The van der Waals surface area contributed by atoms with Crippen LogP contribution >= 0.6 is 0 Å². The zero-order valence-corrected chi connectivity index (χ0v) is 15.0. The molecule has 1 aliphatic heterocycles.